The monoisotopic (exact) mass is 275 g/mol. The zero-order valence-corrected chi connectivity index (χ0v) is 10.8. The SMILES string of the molecule is CCS(=O)(=O)NCc1cc(C=CC(=O)O)cs1. The van der Waals surface area contributed by atoms with Crippen molar-refractivity contribution in [3.63, 3.8) is 0 Å². The Morgan fingerprint density at radius 3 is 2.88 bits per heavy atom. The molecule has 0 bridgehead atoms. The summed E-state index contributed by atoms with van der Waals surface area (Å²) in [6.07, 6.45) is 2.51. The summed E-state index contributed by atoms with van der Waals surface area (Å²) in [6, 6.07) is 1.75. The van der Waals surface area contributed by atoms with Crippen LogP contribution in [0.4, 0.5) is 0 Å². The van der Waals surface area contributed by atoms with Crippen molar-refractivity contribution in [2.24, 2.45) is 0 Å². The number of nitrogens with one attached hydrogen (secondary N) is 1. The van der Waals surface area contributed by atoms with Crippen molar-refractivity contribution in [1.82, 2.24) is 4.72 Å². The summed E-state index contributed by atoms with van der Waals surface area (Å²) >= 11 is 1.38. The molecule has 17 heavy (non-hydrogen) atoms. The highest BCUT2D eigenvalue weighted by Crippen LogP contribution is 2.16. The van der Waals surface area contributed by atoms with Crippen LogP contribution in [-0.2, 0) is 21.4 Å². The summed E-state index contributed by atoms with van der Waals surface area (Å²) in [5.41, 5.74) is 0.753. The number of hydrogen-bond acceptors (Lipinski definition) is 4. The molecule has 0 fully saturated rings. The van der Waals surface area contributed by atoms with Crippen molar-refractivity contribution < 1.29 is 18.3 Å². The van der Waals surface area contributed by atoms with Crippen LogP contribution in [0.1, 0.15) is 17.4 Å². The normalized spacial score (nSPS) is 12.1. The van der Waals surface area contributed by atoms with Gasteiger partial charge in [0.1, 0.15) is 0 Å². The van der Waals surface area contributed by atoms with Crippen LogP contribution in [-0.4, -0.2) is 25.2 Å². The maximum atomic E-state index is 11.2. The Balaban J connectivity index is 2.60. The molecule has 0 aromatic carbocycles. The van der Waals surface area contributed by atoms with Gasteiger partial charge in [-0.2, -0.15) is 0 Å². The minimum Gasteiger partial charge on any atom is -0.478 e. The van der Waals surface area contributed by atoms with Gasteiger partial charge in [0, 0.05) is 17.5 Å². The minimum absolute atomic E-state index is 0.0458. The van der Waals surface area contributed by atoms with Crippen molar-refractivity contribution in [2.75, 3.05) is 5.75 Å². The van der Waals surface area contributed by atoms with Gasteiger partial charge in [-0.05, 0) is 30.0 Å². The van der Waals surface area contributed by atoms with E-state index in [0.29, 0.717) is 0 Å². The maximum absolute atomic E-state index is 11.2. The number of sulfonamides is 1. The van der Waals surface area contributed by atoms with Crippen LogP contribution in [0.5, 0.6) is 0 Å². The maximum Gasteiger partial charge on any atom is 0.328 e. The smallest absolute Gasteiger partial charge is 0.328 e. The third kappa shape index (κ3) is 5.12. The Morgan fingerprint density at radius 1 is 1.59 bits per heavy atom. The fourth-order valence-corrected chi connectivity index (χ4v) is 2.49. The van der Waals surface area contributed by atoms with E-state index in [4.69, 9.17) is 5.11 Å². The molecule has 0 spiro atoms. The quantitative estimate of drug-likeness (QED) is 0.766. The number of aliphatic carboxylic acids is 1. The Labute approximate surface area is 104 Å². The summed E-state index contributed by atoms with van der Waals surface area (Å²) in [6.45, 7) is 1.81. The Morgan fingerprint density at radius 2 is 2.29 bits per heavy atom. The molecule has 0 saturated heterocycles. The van der Waals surface area contributed by atoms with Gasteiger partial charge >= 0.3 is 5.97 Å². The Hall–Kier alpha value is -1.18. The number of hydrogen-bond donors (Lipinski definition) is 2. The van der Waals surface area contributed by atoms with Crippen LogP contribution >= 0.6 is 11.3 Å². The summed E-state index contributed by atoms with van der Waals surface area (Å²) in [5, 5.41) is 10.2. The van der Waals surface area contributed by atoms with Crippen molar-refractivity contribution >= 4 is 33.4 Å². The number of carboxylic acids is 1. The van der Waals surface area contributed by atoms with Crippen molar-refractivity contribution in [3.05, 3.63) is 28.0 Å². The van der Waals surface area contributed by atoms with Crippen molar-refractivity contribution in [3.8, 4) is 0 Å². The molecule has 1 rings (SSSR count). The van der Waals surface area contributed by atoms with Crippen LogP contribution in [0.3, 0.4) is 0 Å². The predicted octanol–water partition coefficient (Wildman–Crippen LogP) is 1.29. The fraction of sp³-hybridized carbons (Fsp3) is 0.300. The largest absolute Gasteiger partial charge is 0.478 e. The predicted molar refractivity (Wildman–Crippen MR) is 67.3 cm³/mol. The van der Waals surface area contributed by atoms with Gasteiger partial charge in [0.2, 0.25) is 10.0 Å². The third-order valence-corrected chi connectivity index (χ3v) is 4.24. The van der Waals surface area contributed by atoms with Crippen molar-refractivity contribution in [2.45, 2.75) is 13.5 Å². The highest BCUT2D eigenvalue weighted by atomic mass is 32.2. The molecule has 0 saturated carbocycles. The third-order valence-electron chi connectivity index (χ3n) is 1.94. The van der Waals surface area contributed by atoms with Crippen LogP contribution in [0.15, 0.2) is 17.5 Å². The van der Waals surface area contributed by atoms with E-state index >= 15 is 0 Å². The molecule has 0 amide bonds. The summed E-state index contributed by atoms with van der Waals surface area (Å²) in [5.74, 6) is -0.964. The first-order valence-electron chi connectivity index (χ1n) is 4.88. The minimum atomic E-state index is -3.19. The molecule has 7 heteroatoms. The Kier molecular flexibility index (Phi) is 4.86. The lowest BCUT2D eigenvalue weighted by Crippen LogP contribution is -2.24. The second kappa shape index (κ2) is 5.95. The molecule has 1 aromatic heterocycles. The van der Waals surface area contributed by atoms with Gasteiger partial charge in [-0.3, -0.25) is 0 Å². The van der Waals surface area contributed by atoms with Crippen LogP contribution in [0.25, 0.3) is 6.08 Å². The summed E-state index contributed by atoms with van der Waals surface area (Å²) < 4.78 is 24.8. The van der Waals surface area contributed by atoms with E-state index < -0.39 is 16.0 Å². The van der Waals surface area contributed by atoms with E-state index in [1.807, 2.05) is 0 Å². The highest BCUT2D eigenvalue weighted by Gasteiger charge is 2.06. The van der Waals surface area contributed by atoms with Crippen LogP contribution in [0, 0.1) is 0 Å². The van der Waals surface area contributed by atoms with Gasteiger partial charge < -0.3 is 5.11 Å². The summed E-state index contributed by atoms with van der Waals surface area (Å²) in [4.78, 5) is 11.1. The van der Waals surface area contributed by atoms with E-state index in [-0.39, 0.29) is 12.3 Å². The molecular weight excluding hydrogens is 262 g/mol. The van der Waals surface area contributed by atoms with E-state index in [2.05, 4.69) is 4.72 Å². The molecule has 1 heterocycles. The first-order valence-corrected chi connectivity index (χ1v) is 7.42. The van der Waals surface area contributed by atoms with Crippen LogP contribution in [0.2, 0.25) is 0 Å². The zero-order chi connectivity index (χ0) is 12.9. The first-order chi connectivity index (χ1) is 7.93. The van der Waals surface area contributed by atoms with E-state index in [1.54, 1.807) is 18.4 Å². The lowest BCUT2D eigenvalue weighted by atomic mass is 10.3. The van der Waals surface area contributed by atoms with Gasteiger partial charge in [-0.25, -0.2) is 17.9 Å². The molecular formula is C10H13NO4S2. The van der Waals surface area contributed by atoms with Crippen molar-refractivity contribution in [1.29, 1.82) is 0 Å². The molecule has 1 aromatic rings. The molecule has 0 radical (unpaired) electrons. The molecule has 94 valence electrons. The zero-order valence-electron chi connectivity index (χ0n) is 9.21. The van der Waals surface area contributed by atoms with Gasteiger partial charge in [-0.1, -0.05) is 0 Å². The number of rotatable bonds is 6. The first kappa shape index (κ1) is 13.9. The number of carbonyl (C=O) groups is 1. The lowest BCUT2D eigenvalue weighted by Gasteiger charge is -2.01. The topological polar surface area (TPSA) is 83.5 Å². The molecule has 5 nitrogen and oxygen atoms in total. The van der Waals surface area contributed by atoms with E-state index in [1.165, 1.54) is 17.4 Å². The summed E-state index contributed by atoms with van der Waals surface area (Å²) in [7, 11) is -3.19. The number of thiophene rings is 1. The molecule has 0 unspecified atom stereocenters. The van der Waals surface area contributed by atoms with Gasteiger partial charge in [-0.15, -0.1) is 11.3 Å². The molecule has 2 N–H and O–H groups in total. The second-order valence-corrected chi connectivity index (χ2v) is 6.33. The highest BCUT2D eigenvalue weighted by molar-refractivity contribution is 7.89. The molecule has 0 aliphatic carbocycles. The molecule has 0 atom stereocenters. The van der Waals surface area contributed by atoms with E-state index in [9.17, 15) is 13.2 Å². The van der Waals surface area contributed by atoms with E-state index in [0.717, 1.165) is 16.5 Å². The van der Waals surface area contributed by atoms with Gasteiger partial charge in [0.05, 0.1) is 5.75 Å². The standard InChI is InChI=1S/C10H13NO4S2/c1-2-17(14,15)11-6-9-5-8(7-16-9)3-4-10(12)13/h3-5,7,11H,2,6H2,1H3,(H,12,13). The average molecular weight is 275 g/mol. The molecule has 0 aliphatic rings. The molecule has 0 aliphatic heterocycles. The average Bonchev–Trinajstić information content (AvgIpc) is 2.72. The van der Waals surface area contributed by atoms with Gasteiger partial charge in [0.25, 0.3) is 0 Å². The Bertz CT molecular complexity index is 516. The fourth-order valence-electron chi connectivity index (χ4n) is 1.03. The van der Waals surface area contributed by atoms with Gasteiger partial charge in [0.15, 0.2) is 0 Å². The lowest BCUT2D eigenvalue weighted by molar-refractivity contribution is -0.131. The van der Waals surface area contributed by atoms with Crippen LogP contribution < -0.4 is 4.72 Å². The second-order valence-electron chi connectivity index (χ2n) is 3.24. The number of carboxylic acid groups (broad SMARTS) is 1.